The van der Waals surface area contributed by atoms with E-state index in [1.165, 1.54) is 50.9 Å². The Hall–Kier alpha value is -1.06. The fourth-order valence-electron chi connectivity index (χ4n) is 4.64. The third-order valence-corrected chi connectivity index (χ3v) is 5.63. The van der Waals surface area contributed by atoms with Crippen LogP contribution in [-0.2, 0) is 6.42 Å². The fourth-order valence-corrected chi connectivity index (χ4v) is 4.64. The molecule has 0 amide bonds. The van der Waals surface area contributed by atoms with Gasteiger partial charge in [-0.1, -0.05) is 6.07 Å². The van der Waals surface area contributed by atoms with E-state index in [9.17, 15) is 0 Å². The Morgan fingerprint density at radius 1 is 1.32 bits per heavy atom. The average Bonchev–Trinajstić information content (AvgIpc) is 2.52. The van der Waals surface area contributed by atoms with E-state index >= 15 is 0 Å². The van der Waals surface area contributed by atoms with Gasteiger partial charge in [-0.25, -0.2) is 0 Å². The zero-order valence-corrected chi connectivity index (χ0v) is 13.8. The van der Waals surface area contributed by atoms with Gasteiger partial charge in [-0.2, -0.15) is 0 Å². The fraction of sp³-hybridized carbons (Fsp3) is 0.684. The van der Waals surface area contributed by atoms with Gasteiger partial charge in [-0.15, -0.1) is 0 Å². The van der Waals surface area contributed by atoms with Gasteiger partial charge < -0.3 is 10.1 Å². The highest BCUT2D eigenvalue weighted by Gasteiger charge is 2.39. The van der Waals surface area contributed by atoms with Crippen molar-refractivity contribution in [2.24, 2.45) is 5.92 Å². The minimum Gasteiger partial charge on any atom is -0.491 e. The first-order chi connectivity index (χ1) is 10.7. The van der Waals surface area contributed by atoms with Crippen LogP contribution in [0.4, 0.5) is 0 Å². The van der Waals surface area contributed by atoms with Gasteiger partial charge in [0.05, 0.1) is 6.10 Å². The molecule has 0 bridgehead atoms. The summed E-state index contributed by atoms with van der Waals surface area (Å²) in [6.07, 6.45) is 5.47. The third-order valence-electron chi connectivity index (χ3n) is 5.63. The molecule has 3 aliphatic rings. The van der Waals surface area contributed by atoms with Crippen molar-refractivity contribution in [1.29, 1.82) is 0 Å². The number of fused-ring (bicyclic) bond motifs is 4. The molecule has 0 unspecified atom stereocenters. The second kappa shape index (κ2) is 5.86. The number of rotatable bonds is 2. The van der Waals surface area contributed by atoms with Gasteiger partial charge in [-0.3, -0.25) is 4.90 Å². The molecule has 0 aliphatic carbocycles. The molecule has 2 fully saturated rings. The van der Waals surface area contributed by atoms with Crippen LogP contribution >= 0.6 is 0 Å². The highest BCUT2D eigenvalue weighted by molar-refractivity contribution is 5.40. The molecule has 3 aliphatic heterocycles. The minimum atomic E-state index is 0.250. The standard InChI is InChI=1S/C19H28N2O/c1-13(2)22-16-5-6-17-14(10-16)7-9-21-12-15-4-3-8-20-18(15)11-19(17)21/h5-6,10,13,15,18-20H,3-4,7-9,11-12H2,1-2H3/t15-,18+,19+/m1/s1. The van der Waals surface area contributed by atoms with E-state index in [1.807, 2.05) is 0 Å². The van der Waals surface area contributed by atoms with Crippen molar-refractivity contribution in [3.63, 3.8) is 0 Å². The highest BCUT2D eigenvalue weighted by Crippen LogP contribution is 2.41. The summed E-state index contributed by atoms with van der Waals surface area (Å²) in [4.78, 5) is 2.74. The van der Waals surface area contributed by atoms with E-state index in [4.69, 9.17) is 4.74 Å². The summed E-state index contributed by atoms with van der Waals surface area (Å²) in [5, 5.41) is 3.77. The molecule has 1 N–H and O–H groups in total. The van der Waals surface area contributed by atoms with Crippen LogP contribution in [0, 0.1) is 5.92 Å². The first-order valence-corrected chi connectivity index (χ1v) is 8.97. The molecule has 0 spiro atoms. The van der Waals surface area contributed by atoms with Crippen LogP contribution < -0.4 is 10.1 Å². The van der Waals surface area contributed by atoms with E-state index in [1.54, 1.807) is 5.56 Å². The maximum Gasteiger partial charge on any atom is 0.119 e. The van der Waals surface area contributed by atoms with Crippen LogP contribution in [0.2, 0.25) is 0 Å². The van der Waals surface area contributed by atoms with Gasteiger partial charge >= 0.3 is 0 Å². The summed E-state index contributed by atoms with van der Waals surface area (Å²) in [6, 6.07) is 8.12. The van der Waals surface area contributed by atoms with Gasteiger partial charge in [0, 0.05) is 25.2 Å². The topological polar surface area (TPSA) is 24.5 Å². The number of benzene rings is 1. The van der Waals surface area contributed by atoms with Crippen LogP contribution in [0.25, 0.3) is 0 Å². The lowest BCUT2D eigenvalue weighted by atomic mass is 9.77. The molecular formula is C19H28N2O. The monoisotopic (exact) mass is 300 g/mol. The summed E-state index contributed by atoms with van der Waals surface area (Å²) < 4.78 is 5.88. The number of hydrogen-bond donors (Lipinski definition) is 1. The normalized spacial score (nSPS) is 31.3. The summed E-state index contributed by atoms with van der Waals surface area (Å²) in [5.41, 5.74) is 3.06. The molecule has 4 rings (SSSR count). The average molecular weight is 300 g/mol. The van der Waals surface area contributed by atoms with E-state index in [2.05, 4.69) is 42.3 Å². The number of ether oxygens (including phenoxy) is 1. The lowest BCUT2D eigenvalue weighted by Crippen LogP contribution is -2.54. The summed E-state index contributed by atoms with van der Waals surface area (Å²) in [7, 11) is 0. The minimum absolute atomic E-state index is 0.250. The van der Waals surface area contributed by atoms with Crippen molar-refractivity contribution in [3.8, 4) is 5.75 Å². The van der Waals surface area contributed by atoms with Gasteiger partial charge in [0.1, 0.15) is 5.75 Å². The Morgan fingerprint density at radius 3 is 3.09 bits per heavy atom. The second-order valence-electron chi connectivity index (χ2n) is 7.49. The molecule has 2 saturated heterocycles. The third kappa shape index (κ3) is 2.65. The summed E-state index contributed by atoms with van der Waals surface area (Å²) >= 11 is 0. The molecule has 120 valence electrons. The number of piperidine rings is 2. The van der Waals surface area contributed by atoms with Crippen LogP contribution in [0.5, 0.6) is 5.75 Å². The molecule has 3 heterocycles. The Kier molecular flexibility index (Phi) is 3.87. The second-order valence-corrected chi connectivity index (χ2v) is 7.49. The maximum atomic E-state index is 5.88. The van der Waals surface area contributed by atoms with E-state index in [0.717, 1.165) is 17.7 Å². The van der Waals surface area contributed by atoms with Gasteiger partial charge in [0.25, 0.3) is 0 Å². The smallest absolute Gasteiger partial charge is 0.119 e. The Bertz CT molecular complexity index is 542. The Balaban J connectivity index is 1.57. The van der Waals surface area contributed by atoms with E-state index in [0.29, 0.717) is 6.04 Å². The SMILES string of the molecule is CC(C)Oc1ccc2c(c1)CCN1C[C@H]3CCCN[C@H]3C[C@@H]21. The largest absolute Gasteiger partial charge is 0.491 e. The predicted octanol–water partition coefficient (Wildman–Crippen LogP) is 3.14. The van der Waals surface area contributed by atoms with Crippen molar-refractivity contribution in [2.45, 2.75) is 57.7 Å². The van der Waals surface area contributed by atoms with Crippen LogP contribution in [0.15, 0.2) is 18.2 Å². The zero-order chi connectivity index (χ0) is 15.1. The molecule has 0 saturated carbocycles. The number of nitrogens with zero attached hydrogens (tertiary/aromatic N) is 1. The van der Waals surface area contributed by atoms with Crippen LogP contribution in [0.3, 0.4) is 0 Å². The lowest BCUT2D eigenvalue weighted by Gasteiger charge is -2.49. The Labute approximate surface area is 134 Å². The number of hydrogen-bond acceptors (Lipinski definition) is 3. The predicted molar refractivity (Wildman–Crippen MR) is 89.4 cm³/mol. The molecular weight excluding hydrogens is 272 g/mol. The van der Waals surface area contributed by atoms with Crippen molar-refractivity contribution in [3.05, 3.63) is 29.3 Å². The van der Waals surface area contributed by atoms with Crippen LogP contribution in [0.1, 0.15) is 50.3 Å². The molecule has 22 heavy (non-hydrogen) atoms. The molecule has 3 nitrogen and oxygen atoms in total. The molecule has 1 aromatic rings. The zero-order valence-electron chi connectivity index (χ0n) is 13.8. The van der Waals surface area contributed by atoms with Crippen LogP contribution in [-0.4, -0.2) is 36.7 Å². The lowest BCUT2D eigenvalue weighted by molar-refractivity contribution is 0.0551. The van der Waals surface area contributed by atoms with Gasteiger partial charge in [0.15, 0.2) is 0 Å². The van der Waals surface area contributed by atoms with Crippen molar-refractivity contribution < 1.29 is 4.74 Å². The maximum absolute atomic E-state index is 5.88. The summed E-state index contributed by atoms with van der Waals surface area (Å²) in [5.74, 6) is 1.90. The molecule has 3 atom stereocenters. The Morgan fingerprint density at radius 2 is 2.23 bits per heavy atom. The van der Waals surface area contributed by atoms with Crippen molar-refractivity contribution >= 4 is 0 Å². The van der Waals surface area contributed by atoms with Gasteiger partial charge in [0.2, 0.25) is 0 Å². The number of nitrogens with one attached hydrogen (secondary N) is 1. The summed E-state index contributed by atoms with van der Waals surface area (Å²) in [6.45, 7) is 7.90. The molecule has 0 radical (unpaired) electrons. The first kappa shape index (κ1) is 14.5. The molecule has 3 heteroatoms. The van der Waals surface area contributed by atoms with Crippen molar-refractivity contribution in [1.82, 2.24) is 10.2 Å². The first-order valence-electron chi connectivity index (χ1n) is 8.97. The highest BCUT2D eigenvalue weighted by atomic mass is 16.5. The van der Waals surface area contributed by atoms with Crippen molar-refractivity contribution in [2.75, 3.05) is 19.6 Å². The quantitative estimate of drug-likeness (QED) is 0.908. The van der Waals surface area contributed by atoms with E-state index in [-0.39, 0.29) is 6.10 Å². The van der Waals surface area contributed by atoms with E-state index < -0.39 is 0 Å². The van der Waals surface area contributed by atoms with Gasteiger partial charge in [-0.05, 0) is 75.3 Å². The molecule has 1 aromatic carbocycles. The molecule has 0 aromatic heterocycles.